The first-order valence-electron chi connectivity index (χ1n) is 8.90. The summed E-state index contributed by atoms with van der Waals surface area (Å²) in [7, 11) is 0. The fraction of sp³-hybridized carbons (Fsp3) is 0.647. The standard InChI is InChI=1S/C17H23N5O3/c23-15(21-6-8-25-9-7-21)13-10-18-11-14(20-13)22-5-3-17(12-22)2-1-4-19-16(17)24/h10-11H,1-9,12H2,(H,19,24)/t17-/m1/s1. The van der Waals surface area contributed by atoms with Crippen molar-refractivity contribution in [2.24, 2.45) is 5.41 Å². The van der Waals surface area contributed by atoms with Crippen molar-refractivity contribution in [3.05, 3.63) is 18.1 Å². The third-order valence-electron chi connectivity index (χ3n) is 5.42. The minimum Gasteiger partial charge on any atom is -0.378 e. The van der Waals surface area contributed by atoms with Gasteiger partial charge in [0.05, 0.1) is 31.0 Å². The zero-order chi connectivity index (χ0) is 17.3. The van der Waals surface area contributed by atoms with E-state index >= 15 is 0 Å². The van der Waals surface area contributed by atoms with Gasteiger partial charge in [-0.25, -0.2) is 4.98 Å². The molecule has 0 aliphatic carbocycles. The lowest BCUT2D eigenvalue weighted by Gasteiger charge is -2.32. The molecule has 3 saturated heterocycles. The molecule has 3 fully saturated rings. The van der Waals surface area contributed by atoms with Crippen LogP contribution in [0.15, 0.2) is 12.4 Å². The molecule has 0 radical (unpaired) electrons. The first kappa shape index (κ1) is 16.3. The molecule has 4 rings (SSSR count). The quantitative estimate of drug-likeness (QED) is 0.815. The number of nitrogens with zero attached hydrogens (tertiary/aromatic N) is 4. The first-order chi connectivity index (χ1) is 12.2. The Labute approximate surface area is 146 Å². The minimum absolute atomic E-state index is 0.109. The van der Waals surface area contributed by atoms with Crippen LogP contribution in [-0.4, -0.2) is 72.6 Å². The second-order valence-electron chi connectivity index (χ2n) is 6.98. The summed E-state index contributed by atoms with van der Waals surface area (Å²) in [6, 6.07) is 0. The van der Waals surface area contributed by atoms with Gasteiger partial charge in [0.1, 0.15) is 11.5 Å². The van der Waals surface area contributed by atoms with Gasteiger partial charge >= 0.3 is 0 Å². The Morgan fingerprint density at radius 1 is 1.20 bits per heavy atom. The Morgan fingerprint density at radius 2 is 2.04 bits per heavy atom. The summed E-state index contributed by atoms with van der Waals surface area (Å²) in [5, 5.41) is 2.99. The molecule has 0 saturated carbocycles. The van der Waals surface area contributed by atoms with E-state index in [2.05, 4.69) is 20.2 Å². The second-order valence-corrected chi connectivity index (χ2v) is 6.98. The fourth-order valence-electron chi connectivity index (χ4n) is 3.93. The zero-order valence-electron chi connectivity index (χ0n) is 14.2. The van der Waals surface area contributed by atoms with Crippen molar-refractivity contribution in [3.8, 4) is 0 Å². The third kappa shape index (κ3) is 3.06. The predicted octanol–water partition coefficient (Wildman–Crippen LogP) is 0.0555. The van der Waals surface area contributed by atoms with Gasteiger partial charge < -0.3 is 19.9 Å². The highest BCUT2D eigenvalue weighted by Crippen LogP contribution is 2.38. The van der Waals surface area contributed by atoms with E-state index in [1.807, 2.05) is 0 Å². The van der Waals surface area contributed by atoms with Gasteiger partial charge in [-0.05, 0) is 19.3 Å². The molecule has 1 N–H and O–H groups in total. The minimum atomic E-state index is -0.315. The van der Waals surface area contributed by atoms with Crippen molar-refractivity contribution in [2.45, 2.75) is 19.3 Å². The molecule has 25 heavy (non-hydrogen) atoms. The number of carbonyl (C=O) groups excluding carboxylic acids is 2. The molecule has 0 aromatic carbocycles. The topological polar surface area (TPSA) is 87.7 Å². The number of anilines is 1. The van der Waals surface area contributed by atoms with Crippen molar-refractivity contribution in [3.63, 3.8) is 0 Å². The van der Waals surface area contributed by atoms with E-state index in [4.69, 9.17) is 4.74 Å². The molecule has 8 heteroatoms. The Balaban J connectivity index is 1.50. The number of carbonyl (C=O) groups is 2. The Bertz CT molecular complexity index is 676. The average Bonchev–Trinajstić information content (AvgIpc) is 3.10. The molecule has 1 spiro atoms. The Kier molecular flexibility index (Phi) is 4.29. The molecule has 3 aliphatic rings. The summed E-state index contributed by atoms with van der Waals surface area (Å²) in [4.78, 5) is 37.5. The average molecular weight is 345 g/mol. The fourth-order valence-corrected chi connectivity index (χ4v) is 3.93. The van der Waals surface area contributed by atoms with E-state index in [1.165, 1.54) is 6.20 Å². The summed E-state index contributed by atoms with van der Waals surface area (Å²) >= 11 is 0. The van der Waals surface area contributed by atoms with E-state index < -0.39 is 0 Å². The van der Waals surface area contributed by atoms with Gasteiger partial charge in [0, 0.05) is 32.7 Å². The van der Waals surface area contributed by atoms with Crippen LogP contribution in [0.3, 0.4) is 0 Å². The van der Waals surface area contributed by atoms with Crippen LogP contribution in [-0.2, 0) is 9.53 Å². The summed E-state index contributed by atoms with van der Waals surface area (Å²) in [6.45, 7) is 4.45. The van der Waals surface area contributed by atoms with Crippen LogP contribution in [0.2, 0.25) is 0 Å². The number of amides is 2. The number of hydrogen-bond acceptors (Lipinski definition) is 6. The van der Waals surface area contributed by atoms with E-state index in [1.54, 1.807) is 11.1 Å². The molecule has 1 aromatic heterocycles. The van der Waals surface area contributed by atoms with Crippen molar-refractivity contribution >= 4 is 17.6 Å². The lowest BCUT2D eigenvalue weighted by molar-refractivity contribution is -0.132. The predicted molar refractivity (Wildman–Crippen MR) is 90.3 cm³/mol. The van der Waals surface area contributed by atoms with E-state index in [-0.39, 0.29) is 17.2 Å². The molecule has 0 bridgehead atoms. The van der Waals surface area contributed by atoms with Crippen LogP contribution < -0.4 is 10.2 Å². The van der Waals surface area contributed by atoms with E-state index in [9.17, 15) is 9.59 Å². The molecule has 1 atom stereocenters. The first-order valence-corrected chi connectivity index (χ1v) is 8.90. The van der Waals surface area contributed by atoms with Gasteiger partial charge in [-0.2, -0.15) is 0 Å². The normalized spacial score (nSPS) is 26.8. The number of aromatic nitrogens is 2. The van der Waals surface area contributed by atoms with Crippen molar-refractivity contribution in [1.29, 1.82) is 0 Å². The van der Waals surface area contributed by atoms with Crippen LogP contribution in [0, 0.1) is 5.41 Å². The maximum Gasteiger partial charge on any atom is 0.274 e. The molecular weight excluding hydrogens is 322 g/mol. The molecular formula is C17H23N5O3. The smallest absolute Gasteiger partial charge is 0.274 e. The van der Waals surface area contributed by atoms with Gasteiger partial charge in [-0.15, -0.1) is 0 Å². The van der Waals surface area contributed by atoms with Gasteiger partial charge in [0.2, 0.25) is 5.91 Å². The van der Waals surface area contributed by atoms with Gasteiger partial charge in [-0.1, -0.05) is 0 Å². The van der Waals surface area contributed by atoms with Crippen LogP contribution in [0.25, 0.3) is 0 Å². The number of rotatable bonds is 2. The number of piperidine rings is 1. The van der Waals surface area contributed by atoms with Gasteiger partial charge in [0.25, 0.3) is 5.91 Å². The van der Waals surface area contributed by atoms with Crippen LogP contribution in [0.1, 0.15) is 29.8 Å². The maximum atomic E-state index is 12.6. The number of ether oxygens (including phenoxy) is 1. The van der Waals surface area contributed by atoms with Gasteiger partial charge in [-0.3, -0.25) is 14.6 Å². The van der Waals surface area contributed by atoms with Crippen molar-refractivity contribution < 1.29 is 14.3 Å². The monoisotopic (exact) mass is 345 g/mol. The highest BCUT2D eigenvalue weighted by molar-refractivity contribution is 5.92. The number of morpholine rings is 1. The van der Waals surface area contributed by atoms with E-state index in [0.717, 1.165) is 32.4 Å². The Morgan fingerprint density at radius 3 is 2.84 bits per heavy atom. The third-order valence-corrected chi connectivity index (χ3v) is 5.42. The zero-order valence-corrected chi connectivity index (χ0v) is 14.2. The summed E-state index contributed by atoms with van der Waals surface area (Å²) < 4.78 is 5.29. The van der Waals surface area contributed by atoms with Crippen LogP contribution in [0.4, 0.5) is 5.82 Å². The number of hydrogen-bond donors (Lipinski definition) is 1. The highest BCUT2D eigenvalue weighted by Gasteiger charge is 2.46. The molecule has 3 aliphatic heterocycles. The van der Waals surface area contributed by atoms with Gasteiger partial charge in [0.15, 0.2) is 0 Å². The second kappa shape index (κ2) is 6.59. The van der Waals surface area contributed by atoms with Crippen LogP contribution in [0.5, 0.6) is 0 Å². The largest absolute Gasteiger partial charge is 0.378 e. The van der Waals surface area contributed by atoms with E-state index in [0.29, 0.717) is 44.4 Å². The molecule has 8 nitrogen and oxygen atoms in total. The van der Waals surface area contributed by atoms with Crippen molar-refractivity contribution in [2.75, 3.05) is 50.8 Å². The SMILES string of the molecule is O=C(c1cncc(N2CC[C@]3(CCCNC3=O)C2)n1)N1CCOCC1. The molecule has 1 aromatic rings. The molecule has 134 valence electrons. The molecule has 0 unspecified atom stereocenters. The van der Waals surface area contributed by atoms with Crippen molar-refractivity contribution in [1.82, 2.24) is 20.2 Å². The summed E-state index contributed by atoms with van der Waals surface area (Å²) in [6.07, 6.45) is 5.94. The highest BCUT2D eigenvalue weighted by atomic mass is 16.5. The molecule has 2 amide bonds. The lowest BCUT2D eigenvalue weighted by Crippen LogP contribution is -2.47. The summed E-state index contributed by atoms with van der Waals surface area (Å²) in [5.74, 6) is 0.714. The maximum absolute atomic E-state index is 12.6. The lowest BCUT2D eigenvalue weighted by atomic mass is 9.79. The number of nitrogens with one attached hydrogen (secondary N) is 1. The Hall–Kier alpha value is -2.22. The molecule has 4 heterocycles. The van der Waals surface area contributed by atoms with Crippen LogP contribution >= 0.6 is 0 Å². The summed E-state index contributed by atoms with van der Waals surface area (Å²) in [5.41, 5.74) is 0.0397.